The first-order valence-electron chi connectivity index (χ1n) is 3.88. The maximum atomic E-state index is 5.35. The van der Waals surface area contributed by atoms with Crippen LogP contribution in [0.5, 0.6) is 0 Å². The van der Waals surface area contributed by atoms with E-state index in [-0.39, 0.29) is 0 Å². The van der Waals surface area contributed by atoms with Gasteiger partial charge in [0.1, 0.15) is 0 Å². The molecule has 0 unspecified atom stereocenters. The molecular formula is C9H13NOS. The van der Waals surface area contributed by atoms with Crippen molar-refractivity contribution in [1.29, 1.82) is 0 Å². The van der Waals surface area contributed by atoms with Crippen LogP contribution in [0.3, 0.4) is 0 Å². The molecule has 0 radical (unpaired) electrons. The van der Waals surface area contributed by atoms with E-state index in [9.17, 15) is 0 Å². The van der Waals surface area contributed by atoms with Gasteiger partial charge in [0.05, 0.1) is 13.2 Å². The Labute approximate surface area is 76.7 Å². The summed E-state index contributed by atoms with van der Waals surface area (Å²) in [6.45, 7) is 1.93. The normalized spacial score (nSPS) is 11.1. The van der Waals surface area contributed by atoms with Crippen LogP contribution in [-0.2, 0) is 11.3 Å². The van der Waals surface area contributed by atoms with E-state index in [0.29, 0.717) is 19.8 Å². The predicted molar refractivity (Wildman–Crippen MR) is 52.2 cm³/mol. The second kappa shape index (κ2) is 5.94. The van der Waals surface area contributed by atoms with Gasteiger partial charge >= 0.3 is 0 Å². The number of nitrogens with two attached hydrogens (primary N) is 1. The topological polar surface area (TPSA) is 35.2 Å². The van der Waals surface area contributed by atoms with E-state index in [1.54, 1.807) is 11.3 Å². The van der Waals surface area contributed by atoms with Crippen molar-refractivity contribution in [3.8, 4) is 0 Å². The Bertz CT molecular complexity index is 218. The highest BCUT2D eigenvalue weighted by molar-refractivity contribution is 7.09. The molecule has 2 N–H and O–H groups in total. The van der Waals surface area contributed by atoms with Gasteiger partial charge in [-0.05, 0) is 11.4 Å². The average Bonchev–Trinajstić information content (AvgIpc) is 2.57. The first-order chi connectivity index (χ1) is 5.93. The van der Waals surface area contributed by atoms with E-state index in [4.69, 9.17) is 10.5 Å². The largest absolute Gasteiger partial charge is 0.372 e. The minimum atomic E-state index is 0.586. The summed E-state index contributed by atoms with van der Waals surface area (Å²) in [7, 11) is 0. The Hall–Kier alpha value is -0.640. The molecule has 0 aliphatic heterocycles. The molecule has 1 aromatic heterocycles. The monoisotopic (exact) mass is 183 g/mol. The second-order valence-corrected chi connectivity index (χ2v) is 3.33. The molecule has 3 heteroatoms. The van der Waals surface area contributed by atoms with Gasteiger partial charge in [-0.25, -0.2) is 0 Å². The lowest BCUT2D eigenvalue weighted by Gasteiger charge is -1.96. The zero-order valence-corrected chi connectivity index (χ0v) is 7.72. The van der Waals surface area contributed by atoms with Crippen molar-refractivity contribution in [1.82, 2.24) is 0 Å². The van der Waals surface area contributed by atoms with Crippen molar-refractivity contribution >= 4 is 11.3 Å². The lowest BCUT2D eigenvalue weighted by molar-refractivity contribution is 0.151. The molecule has 0 aliphatic rings. The Morgan fingerprint density at radius 3 is 3.08 bits per heavy atom. The molecule has 66 valence electrons. The highest BCUT2D eigenvalue weighted by Gasteiger charge is 1.90. The van der Waals surface area contributed by atoms with Crippen LogP contribution in [0.4, 0.5) is 0 Å². The molecule has 0 amide bonds. The molecule has 1 rings (SSSR count). The van der Waals surface area contributed by atoms with Crippen molar-refractivity contribution in [3.05, 3.63) is 34.5 Å². The fourth-order valence-electron chi connectivity index (χ4n) is 0.787. The summed E-state index contributed by atoms with van der Waals surface area (Å²) in [5.74, 6) is 0. The summed E-state index contributed by atoms with van der Waals surface area (Å²) in [6.07, 6.45) is 3.84. The fourth-order valence-corrected chi connectivity index (χ4v) is 1.43. The van der Waals surface area contributed by atoms with E-state index >= 15 is 0 Å². The lowest BCUT2D eigenvalue weighted by Crippen LogP contribution is -1.95. The van der Waals surface area contributed by atoms with Crippen LogP contribution in [0.2, 0.25) is 0 Å². The Kier molecular flexibility index (Phi) is 4.68. The lowest BCUT2D eigenvalue weighted by atomic mass is 10.5. The van der Waals surface area contributed by atoms with Crippen LogP contribution in [0.15, 0.2) is 29.7 Å². The van der Waals surface area contributed by atoms with Gasteiger partial charge in [0.15, 0.2) is 0 Å². The Morgan fingerprint density at radius 1 is 1.50 bits per heavy atom. The minimum Gasteiger partial charge on any atom is -0.372 e. The van der Waals surface area contributed by atoms with E-state index in [2.05, 4.69) is 11.4 Å². The van der Waals surface area contributed by atoms with Crippen molar-refractivity contribution in [3.63, 3.8) is 0 Å². The van der Waals surface area contributed by atoms with Gasteiger partial charge in [0.2, 0.25) is 0 Å². The SMILES string of the molecule is NCC=CCOCc1cccs1. The van der Waals surface area contributed by atoms with Crippen LogP contribution >= 0.6 is 11.3 Å². The summed E-state index contributed by atoms with van der Waals surface area (Å²) in [5, 5.41) is 2.05. The first kappa shape index (κ1) is 9.45. The fraction of sp³-hybridized carbons (Fsp3) is 0.333. The van der Waals surface area contributed by atoms with Gasteiger partial charge in [-0.15, -0.1) is 11.3 Å². The molecule has 0 atom stereocenters. The van der Waals surface area contributed by atoms with Gasteiger partial charge < -0.3 is 10.5 Å². The molecule has 1 heterocycles. The molecule has 0 saturated heterocycles. The molecule has 12 heavy (non-hydrogen) atoms. The van der Waals surface area contributed by atoms with Gasteiger partial charge in [-0.1, -0.05) is 18.2 Å². The standard InChI is InChI=1S/C9H13NOS/c10-5-1-2-6-11-8-9-4-3-7-12-9/h1-4,7H,5-6,8,10H2. The summed E-state index contributed by atoms with van der Waals surface area (Å²) < 4.78 is 5.35. The third-order valence-corrected chi connectivity index (χ3v) is 2.19. The smallest absolute Gasteiger partial charge is 0.0813 e. The quantitative estimate of drug-likeness (QED) is 0.558. The maximum absolute atomic E-state index is 5.35. The van der Waals surface area contributed by atoms with Crippen LogP contribution < -0.4 is 5.73 Å². The third-order valence-electron chi connectivity index (χ3n) is 1.34. The highest BCUT2D eigenvalue weighted by Crippen LogP contribution is 2.09. The predicted octanol–water partition coefficient (Wildman–Crippen LogP) is 1.78. The average molecular weight is 183 g/mol. The molecule has 0 spiro atoms. The summed E-state index contributed by atoms with van der Waals surface area (Å²) >= 11 is 1.71. The second-order valence-electron chi connectivity index (χ2n) is 2.30. The highest BCUT2D eigenvalue weighted by atomic mass is 32.1. The number of rotatable bonds is 5. The van der Waals surface area contributed by atoms with Crippen molar-refractivity contribution in [2.45, 2.75) is 6.61 Å². The van der Waals surface area contributed by atoms with E-state index in [1.807, 2.05) is 18.2 Å². The molecule has 0 saturated carbocycles. The van der Waals surface area contributed by atoms with E-state index in [0.717, 1.165) is 0 Å². The third kappa shape index (κ3) is 3.67. The Morgan fingerprint density at radius 2 is 2.42 bits per heavy atom. The van der Waals surface area contributed by atoms with Crippen LogP contribution in [0.25, 0.3) is 0 Å². The molecule has 2 nitrogen and oxygen atoms in total. The van der Waals surface area contributed by atoms with Crippen LogP contribution in [-0.4, -0.2) is 13.2 Å². The van der Waals surface area contributed by atoms with Crippen molar-refractivity contribution in [2.75, 3.05) is 13.2 Å². The summed E-state index contributed by atoms with van der Waals surface area (Å²) in [5.41, 5.74) is 5.27. The van der Waals surface area contributed by atoms with Crippen molar-refractivity contribution in [2.24, 2.45) is 5.73 Å². The molecule has 0 fully saturated rings. The zero-order valence-electron chi connectivity index (χ0n) is 6.90. The zero-order chi connectivity index (χ0) is 8.65. The molecular weight excluding hydrogens is 170 g/mol. The molecule has 1 aromatic rings. The molecule has 0 bridgehead atoms. The Balaban J connectivity index is 2.07. The minimum absolute atomic E-state index is 0.586. The number of hydrogen-bond donors (Lipinski definition) is 1. The maximum Gasteiger partial charge on any atom is 0.0813 e. The number of hydrogen-bond acceptors (Lipinski definition) is 3. The summed E-state index contributed by atoms with van der Waals surface area (Å²) in [4.78, 5) is 1.26. The van der Waals surface area contributed by atoms with E-state index < -0.39 is 0 Å². The van der Waals surface area contributed by atoms with Gasteiger partial charge in [0, 0.05) is 11.4 Å². The molecule has 0 aliphatic carbocycles. The van der Waals surface area contributed by atoms with Gasteiger partial charge in [-0.3, -0.25) is 0 Å². The van der Waals surface area contributed by atoms with Crippen LogP contribution in [0.1, 0.15) is 4.88 Å². The van der Waals surface area contributed by atoms with Crippen LogP contribution in [0, 0.1) is 0 Å². The molecule has 0 aromatic carbocycles. The van der Waals surface area contributed by atoms with E-state index in [1.165, 1.54) is 4.88 Å². The number of ether oxygens (including phenoxy) is 1. The first-order valence-corrected chi connectivity index (χ1v) is 4.76. The summed E-state index contributed by atoms with van der Waals surface area (Å²) in [6, 6.07) is 4.09. The van der Waals surface area contributed by atoms with Crippen molar-refractivity contribution < 1.29 is 4.74 Å². The number of thiophene rings is 1. The van der Waals surface area contributed by atoms with Gasteiger partial charge in [-0.2, -0.15) is 0 Å². The van der Waals surface area contributed by atoms with Gasteiger partial charge in [0.25, 0.3) is 0 Å².